The van der Waals surface area contributed by atoms with E-state index in [2.05, 4.69) is 52.9 Å². The molecule has 1 aromatic carbocycles. The van der Waals surface area contributed by atoms with Gasteiger partial charge in [0.15, 0.2) is 5.96 Å². The van der Waals surface area contributed by atoms with Gasteiger partial charge in [0.1, 0.15) is 6.54 Å². The molecular weight excluding hydrogens is 388 g/mol. The summed E-state index contributed by atoms with van der Waals surface area (Å²) in [6.45, 7) is 6.43. The number of rotatable bonds is 10. The number of nitrogens with one attached hydrogen (secondary N) is 2. The van der Waals surface area contributed by atoms with Crippen molar-refractivity contribution in [3.05, 3.63) is 35.9 Å². The van der Waals surface area contributed by atoms with Crippen molar-refractivity contribution in [1.82, 2.24) is 15.5 Å². The lowest BCUT2D eigenvalue weighted by molar-refractivity contribution is -0.130. The van der Waals surface area contributed by atoms with Crippen LogP contribution in [0, 0.1) is 11.3 Å². The average Bonchev–Trinajstić information content (AvgIpc) is 2.77. The molecule has 1 amide bonds. The van der Waals surface area contributed by atoms with Gasteiger partial charge < -0.3 is 20.3 Å². The molecule has 1 aliphatic heterocycles. The highest BCUT2D eigenvalue weighted by atomic mass is 16.5. The minimum absolute atomic E-state index is 0.133. The van der Waals surface area contributed by atoms with Crippen LogP contribution >= 0.6 is 0 Å². The lowest BCUT2D eigenvalue weighted by atomic mass is 9.67. The normalized spacial score (nSPS) is 19.0. The van der Waals surface area contributed by atoms with Crippen LogP contribution in [0.15, 0.2) is 35.3 Å². The Balaban J connectivity index is 1.43. The molecule has 3 rings (SSSR count). The van der Waals surface area contributed by atoms with Crippen LogP contribution in [0.5, 0.6) is 0 Å². The Morgan fingerprint density at radius 3 is 2.55 bits per heavy atom. The number of aliphatic imine (C=N–C) groups is 1. The quantitative estimate of drug-likeness (QED) is 0.444. The summed E-state index contributed by atoms with van der Waals surface area (Å²) in [7, 11) is 1.77. The van der Waals surface area contributed by atoms with Gasteiger partial charge >= 0.3 is 0 Å². The van der Waals surface area contributed by atoms with Crippen molar-refractivity contribution >= 4 is 11.9 Å². The van der Waals surface area contributed by atoms with Crippen molar-refractivity contribution in [2.45, 2.75) is 51.9 Å². The summed E-state index contributed by atoms with van der Waals surface area (Å²) >= 11 is 0. The molecule has 0 radical (unpaired) electrons. The van der Waals surface area contributed by atoms with Gasteiger partial charge in [0.2, 0.25) is 5.91 Å². The fraction of sp³-hybridized carbons (Fsp3) is 0.680. The molecule has 1 saturated heterocycles. The van der Waals surface area contributed by atoms with Crippen molar-refractivity contribution in [1.29, 1.82) is 0 Å². The molecular formula is C25H40N4O2. The zero-order valence-electron chi connectivity index (χ0n) is 19.4. The van der Waals surface area contributed by atoms with Gasteiger partial charge in [-0.05, 0) is 62.3 Å². The Labute approximate surface area is 187 Å². The molecule has 6 heteroatoms. The van der Waals surface area contributed by atoms with Crippen LogP contribution in [0.1, 0.15) is 51.0 Å². The van der Waals surface area contributed by atoms with Crippen LogP contribution in [-0.4, -0.2) is 63.2 Å². The van der Waals surface area contributed by atoms with E-state index >= 15 is 0 Å². The van der Waals surface area contributed by atoms with Crippen molar-refractivity contribution in [3.63, 3.8) is 0 Å². The number of ether oxygens (including phenoxy) is 1. The van der Waals surface area contributed by atoms with Gasteiger partial charge in [-0.2, -0.15) is 0 Å². The molecule has 0 bridgehead atoms. The maximum absolute atomic E-state index is 12.7. The van der Waals surface area contributed by atoms with Gasteiger partial charge in [0, 0.05) is 39.9 Å². The molecule has 31 heavy (non-hydrogen) atoms. The molecule has 0 atom stereocenters. The Morgan fingerprint density at radius 1 is 1.19 bits per heavy atom. The smallest absolute Gasteiger partial charge is 0.244 e. The van der Waals surface area contributed by atoms with E-state index in [9.17, 15) is 4.79 Å². The topological polar surface area (TPSA) is 66.0 Å². The first-order valence-electron chi connectivity index (χ1n) is 12.0. The fourth-order valence-electron chi connectivity index (χ4n) is 4.70. The Kier molecular flexibility index (Phi) is 9.19. The summed E-state index contributed by atoms with van der Waals surface area (Å²) in [4.78, 5) is 19.3. The first-order valence-corrected chi connectivity index (χ1v) is 12.0. The number of piperidine rings is 1. The molecule has 2 fully saturated rings. The molecule has 1 aliphatic carbocycles. The zero-order chi connectivity index (χ0) is 21.9. The van der Waals surface area contributed by atoms with Gasteiger partial charge in [-0.1, -0.05) is 36.8 Å². The van der Waals surface area contributed by atoms with Crippen LogP contribution in [0.25, 0.3) is 0 Å². The Bertz CT molecular complexity index is 695. The van der Waals surface area contributed by atoms with E-state index in [4.69, 9.17) is 4.74 Å². The van der Waals surface area contributed by atoms with E-state index in [-0.39, 0.29) is 12.5 Å². The summed E-state index contributed by atoms with van der Waals surface area (Å²) in [5.74, 6) is 1.55. The first kappa shape index (κ1) is 23.6. The second-order valence-corrected chi connectivity index (χ2v) is 9.16. The lowest BCUT2D eigenvalue weighted by Crippen LogP contribution is -2.47. The molecule has 1 aromatic rings. The average molecular weight is 429 g/mol. The third-order valence-electron chi connectivity index (χ3n) is 6.93. The molecule has 172 valence electrons. The van der Waals surface area contributed by atoms with E-state index in [1.165, 1.54) is 24.8 Å². The summed E-state index contributed by atoms with van der Waals surface area (Å²) in [6, 6.07) is 10.7. The number of hydrogen-bond acceptors (Lipinski definition) is 3. The maximum atomic E-state index is 12.7. The number of amides is 1. The fourth-order valence-corrected chi connectivity index (χ4v) is 4.70. The number of methoxy groups -OCH3 is 1. The van der Waals surface area contributed by atoms with Crippen molar-refractivity contribution in [2.24, 2.45) is 16.3 Å². The summed E-state index contributed by atoms with van der Waals surface area (Å²) in [5, 5.41) is 6.77. The minimum Gasteiger partial charge on any atom is -0.385 e. The molecule has 6 nitrogen and oxygen atoms in total. The van der Waals surface area contributed by atoms with Crippen LogP contribution < -0.4 is 10.6 Å². The third-order valence-corrected chi connectivity index (χ3v) is 6.93. The second-order valence-electron chi connectivity index (χ2n) is 9.16. The van der Waals surface area contributed by atoms with Gasteiger partial charge in [0.25, 0.3) is 0 Å². The van der Waals surface area contributed by atoms with E-state index in [0.717, 1.165) is 64.4 Å². The largest absolute Gasteiger partial charge is 0.385 e. The van der Waals surface area contributed by atoms with Gasteiger partial charge in [0.05, 0.1) is 0 Å². The predicted octanol–water partition coefficient (Wildman–Crippen LogP) is 3.23. The van der Waals surface area contributed by atoms with Gasteiger partial charge in [-0.25, -0.2) is 4.99 Å². The number of likely N-dealkylation sites (tertiary alicyclic amines) is 1. The molecule has 2 aliphatic rings. The Morgan fingerprint density at radius 2 is 1.94 bits per heavy atom. The van der Waals surface area contributed by atoms with Gasteiger partial charge in [-0.15, -0.1) is 0 Å². The maximum Gasteiger partial charge on any atom is 0.244 e. The number of carbonyl (C=O) groups excluding carboxylic acids is 1. The standard InChI is InChI=1S/C25H40N4O2/c1-3-26-24(28-20-25(12-7-13-25)14-17-31-2)27-19-23(30)29-15-10-22(11-16-29)18-21-8-5-4-6-9-21/h4-6,8-9,22H,3,7,10-20H2,1-2H3,(H2,26,27,28). The monoisotopic (exact) mass is 428 g/mol. The highest BCUT2D eigenvalue weighted by Crippen LogP contribution is 2.43. The third kappa shape index (κ3) is 7.23. The number of benzene rings is 1. The van der Waals surface area contributed by atoms with Crippen LogP contribution in [0.2, 0.25) is 0 Å². The van der Waals surface area contributed by atoms with E-state index < -0.39 is 0 Å². The molecule has 0 spiro atoms. The van der Waals surface area contributed by atoms with Crippen LogP contribution in [0.4, 0.5) is 0 Å². The second kappa shape index (κ2) is 12.1. The molecule has 1 saturated carbocycles. The molecule has 0 unspecified atom stereocenters. The number of carbonyl (C=O) groups is 1. The van der Waals surface area contributed by atoms with Crippen molar-refractivity contribution in [2.75, 3.05) is 46.4 Å². The van der Waals surface area contributed by atoms with E-state index in [0.29, 0.717) is 11.3 Å². The van der Waals surface area contributed by atoms with Crippen molar-refractivity contribution in [3.8, 4) is 0 Å². The van der Waals surface area contributed by atoms with Crippen molar-refractivity contribution < 1.29 is 9.53 Å². The number of hydrogen-bond donors (Lipinski definition) is 2. The minimum atomic E-state index is 0.133. The van der Waals surface area contributed by atoms with E-state index in [1.807, 2.05) is 4.90 Å². The lowest BCUT2D eigenvalue weighted by Gasteiger charge is -2.42. The van der Waals surface area contributed by atoms with Crippen LogP contribution in [-0.2, 0) is 16.0 Å². The SMILES string of the molecule is CCNC(=NCC(=O)N1CCC(Cc2ccccc2)CC1)NCC1(CCOC)CCC1. The number of nitrogens with zero attached hydrogens (tertiary/aromatic N) is 2. The summed E-state index contributed by atoms with van der Waals surface area (Å²) < 4.78 is 5.29. The molecule has 0 aromatic heterocycles. The zero-order valence-corrected chi connectivity index (χ0v) is 19.4. The van der Waals surface area contributed by atoms with E-state index in [1.54, 1.807) is 7.11 Å². The highest BCUT2D eigenvalue weighted by molar-refractivity contribution is 5.85. The molecule has 2 N–H and O–H groups in total. The van der Waals surface area contributed by atoms with Crippen LogP contribution in [0.3, 0.4) is 0 Å². The predicted molar refractivity (Wildman–Crippen MR) is 126 cm³/mol. The summed E-state index contributed by atoms with van der Waals surface area (Å²) in [6.07, 6.45) is 8.10. The van der Waals surface area contributed by atoms with Gasteiger partial charge in [-0.3, -0.25) is 4.79 Å². The first-order chi connectivity index (χ1) is 15.1. The summed E-state index contributed by atoms with van der Waals surface area (Å²) in [5.41, 5.74) is 1.71. The molecule has 1 heterocycles. The Hall–Kier alpha value is -2.08. The highest BCUT2D eigenvalue weighted by Gasteiger charge is 2.36. The number of guanidine groups is 1.